The summed E-state index contributed by atoms with van der Waals surface area (Å²) in [5.41, 5.74) is 0. The highest BCUT2D eigenvalue weighted by Gasteiger charge is 2.19. The molecule has 96 valence electrons. The predicted molar refractivity (Wildman–Crippen MR) is 65.6 cm³/mol. The molecule has 0 saturated carbocycles. The van der Waals surface area contributed by atoms with E-state index in [1.807, 2.05) is 6.92 Å². The quantitative estimate of drug-likeness (QED) is 0.839. The van der Waals surface area contributed by atoms with Crippen LogP contribution in [0.25, 0.3) is 0 Å². The molecule has 2 rings (SSSR count). The third kappa shape index (κ3) is 3.78. The van der Waals surface area contributed by atoms with Gasteiger partial charge in [-0.05, 0) is 32.7 Å². The molecule has 0 radical (unpaired) electrons. The average molecular weight is 238 g/mol. The van der Waals surface area contributed by atoms with E-state index >= 15 is 0 Å². The molecule has 5 nitrogen and oxygen atoms in total. The van der Waals surface area contributed by atoms with Crippen molar-refractivity contribution in [2.45, 2.75) is 45.7 Å². The lowest BCUT2D eigenvalue weighted by molar-refractivity contribution is 0.170. The van der Waals surface area contributed by atoms with Gasteiger partial charge in [-0.1, -0.05) is 12.1 Å². The van der Waals surface area contributed by atoms with Crippen molar-refractivity contribution in [3.63, 3.8) is 0 Å². The van der Waals surface area contributed by atoms with E-state index in [2.05, 4.69) is 27.3 Å². The third-order valence-corrected chi connectivity index (χ3v) is 3.20. The van der Waals surface area contributed by atoms with Crippen molar-refractivity contribution in [3.05, 3.63) is 11.7 Å². The van der Waals surface area contributed by atoms with Crippen LogP contribution < -0.4 is 5.32 Å². The van der Waals surface area contributed by atoms with Gasteiger partial charge in [0.1, 0.15) is 0 Å². The van der Waals surface area contributed by atoms with Crippen LogP contribution in [0.1, 0.15) is 37.9 Å². The van der Waals surface area contributed by atoms with Gasteiger partial charge in [0.25, 0.3) is 0 Å². The lowest BCUT2D eigenvalue weighted by atomic mass is 10.1. The van der Waals surface area contributed by atoms with Crippen molar-refractivity contribution in [2.24, 2.45) is 0 Å². The van der Waals surface area contributed by atoms with Crippen molar-refractivity contribution >= 4 is 0 Å². The topological polar surface area (TPSA) is 54.2 Å². The largest absolute Gasteiger partial charge is 0.338 e. The summed E-state index contributed by atoms with van der Waals surface area (Å²) < 4.78 is 5.14. The molecule has 1 aliphatic heterocycles. The summed E-state index contributed by atoms with van der Waals surface area (Å²) in [5, 5.41) is 7.39. The van der Waals surface area contributed by atoms with Gasteiger partial charge in [-0.2, -0.15) is 4.98 Å². The SMILES string of the molecule is CCCNC1CCN(Cc2nc(C)no2)CC1. The zero-order chi connectivity index (χ0) is 12.1. The molecule has 1 saturated heterocycles. The van der Waals surface area contributed by atoms with E-state index in [1.54, 1.807) is 0 Å². The normalized spacial score (nSPS) is 18.7. The number of likely N-dealkylation sites (tertiary alicyclic amines) is 1. The van der Waals surface area contributed by atoms with Gasteiger partial charge in [-0.25, -0.2) is 0 Å². The Kier molecular flexibility index (Phi) is 4.50. The predicted octanol–water partition coefficient (Wildman–Crippen LogP) is 1.34. The number of piperidine rings is 1. The maximum Gasteiger partial charge on any atom is 0.240 e. The molecule has 2 heterocycles. The molecule has 5 heteroatoms. The van der Waals surface area contributed by atoms with Crippen LogP contribution in [0, 0.1) is 6.92 Å². The van der Waals surface area contributed by atoms with Gasteiger partial charge in [0, 0.05) is 19.1 Å². The zero-order valence-electron chi connectivity index (χ0n) is 10.8. The molecule has 1 N–H and O–H groups in total. The zero-order valence-corrected chi connectivity index (χ0v) is 10.8. The van der Waals surface area contributed by atoms with Crippen LogP contribution in [-0.2, 0) is 6.54 Å². The highest BCUT2D eigenvalue weighted by molar-refractivity contribution is 4.85. The first-order valence-corrected chi connectivity index (χ1v) is 6.53. The summed E-state index contributed by atoms with van der Waals surface area (Å²) in [5.74, 6) is 1.46. The summed E-state index contributed by atoms with van der Waals surface area (Å²) in [6.07, 6.45) is 3.64. The monoisotopic (exact) mass is 238 g/mol. The van der Waals surface area contributed by atoms with E-state index < -0.39 is 0 Å². The number of nitrogens with one attached hydrogen (secondary N) is 1. The van der Waals surface area contributed by atoms with Crippen LogP contribution in [0.15, 0.2) is 4.52 Å². The average Bonchev–Trinajstić information content (AvgIpc) is 2.74. The minimum atomic E-state index is 0.690. The number of hydrogen-bond acceptors (Lipinski definition) is 5. The second-order valence-electron chi connectivity index (χ2n) is 4.74. The molecule has 0 aromatic carbocycles. The van der Waals surface area contributed by atoms with E-state index in [0.29, 0.717) is 6.04 Å². The first-order valence-electron chi connectivity index (χ1n) is 6.53. The number of aryl methyl sites for hydroxylation is 1. The smallest absolute Gasteiger partial charge is 0.240 e. The Morgan fingerprint density at radius 1 is 1.41 bits per heavy atom. The van der Waals surface area contributed by atoms with Gasteiger partial charge in [0.15, 0.2) is 5.82 Å². The Balaban J connectivity index is 1.72. The first kappa shape index (κ1) is 12.5. The molecule has 0 aliphatic carbocycles. The molecular formula is C12H22N4O. The van der Waals surface area contributed by atoms with Crippen molar-refractivity contribution in [1.29, 1.82) is 0 Å². The molecule has 1 aromatic rings. The molecule has 0 spiro atoms. The highest BCUT2D eigenvalue weighted by Crippen LogP contribution is 2.13. The number of rotatable bonds is 5. The van der Waals surface area contributed by atoms with Gasteiger partial charge >= 0.3 is 0 Å². The van der Waals surface area contributed by atoms with Crippen LogP contribution in [0.2, 0.25) is 0 Å². The van der Waals surface area contributed by atoms with Crippen LogP contribution in [0.3, 0.4) is 0 Å². The maximum absolute atomic E-state index is 5.14. The van der Waals surface area contributed by atoms with Crippen molar-refractivity contribution in [1.82, 2.24) is 20.4 Å². The fraction of sp³-hybridized carbons (Fsp3) is 0.833. The summed E-state index contributed by atoms with van der Waals surface area (Å²) in [6.45, 7) is 8.22. The lowest BCUT2D eigenvalue weighted by Gasteiger charge is -2.31. The van der Waals surface area contributed by atoms with Crippen LogP contribution in [-0.4, -0.2) is 40.7 Å². The minimum absolute atomic E-state index is 0.690. The van der Waals surface area contributed by atoms with Gasteiger partial charge in [0.05, 0.1) is 6.54 Å². The summed E-state index contributed by atoms with van der Waals surface area (Å²) in [6, 6.07) is 0.690. The Bertz CT molecular complexity index is 331. The Hall–Kier alpha value is -0.940. The van der Waals surface area contributed by atoms with Crippen LogP contribution >= 0.6 is 0 Å². The van der Waals surface area contributed by atoms with Crippen molar-refractivity contribution in [3.8, 4) is 0 Å². The fourth-order valence-electron chi connectivity index (χ4n) is 2.24. The number of hydrogen-bond donors (Lipinski definition) is 1. The molecule has 1 aromatic heterocycles. The van der Waals surface area contributed by atoms with E-state index in [9.17, 15) is 0 Å². The molecule has 0 bridgehead atoms. The first-order chi connectivity index (χ1) is 8.28. The Morgan fingerprint density at radius 2 is 2.18 bits per heavy atom. The number of nitrogens with zero attached hydrogens (tertiary/aromatic N) is 3. The minimum Gasteiger partial charge on any atom is -0.338 e. The highest BCUT2D eigenvalue weighted by atomic mass is 16.5. The third-order valence-electron chi connectivity index (χ3n) is 3.20. The molecule has 0 amide bonds. The van der Waals surface area contributed by atoms with E-state index in [0.717, 1.165) is 37.9 Å². The summed E-state index contributed by atoms with van der Waals surface area (Å²) in [4.78, 5) is 6.62. The van der Waals surface area contributed by atoms with E-state index in [1.165, 1.54) is 19.3 Å². The molecule has 1 aliphatic rings. The Morgan fingerprint density at radius 3 is 2.76 bits per heavy atom. The van der Waals surface area contributed by atoms with Gasteiger partial charge in [0.2, 0.25) is 5.89 Å². The van der Waals surface area contributed by atoms with Crippen molar-refractivity contribution in [2.75, 3.05) is 19.6 Å². The van der Waals surface area contributed by atoms with Crippen LogP contribution in [0.4, 0.5) is 0 Å². The maximum atomic E-state index is 5.14. The summed E-state index contributed by atoms with van der Waals surface area (Å²) in [7, 11) is 0. The summed E-state index contributed by atoms with van der Waals surface area (Å²) >= 11 is 0. The van der Waals surface area contributed by atoms with Gasteiger partial charge < -0.3 is 9.84 Å². The fourth-order valence-corrected chi connectivity index (χ4v) is 2.24. The standard InChI is InChI=1S/C12H22N4O/c1-3-6-13-11-4-7-16(8-5-11)9-12-14-10(2)15-17-12/h11,13H,3-9H2,1-2H3. The second-order valence-corrected chi connectivity index (χ2v) is 4.74. The van der Waals surface area contributed by atoms with E-state index in [-0.39, 0.29) is 0 Å². The Labute approximate surface area is 103 Å². The molecular weight excluding hydrogens is 216 g/mol. The van der Waals surface area contributed by atoms with E-state index in [4.69, 9.17) is 4.52 Å². The van der Waals surface area contributed by atoms with Crippen LogP contribution in [0.5, 0.6) is 0 Å². The molecule has 0 unspecified atom stereocenters. The second kappa shape index (κ2) is 6.12. The van der Waals surface area contributed by atoms with Gasteiger partial charge in [-0.15, -0.1) is 0 Å². The lowest BCUT2D eigenvalue weighted by Crippen LogP contribution is -2.42. The number of aromatic nitrogens is 2. The molecule has 1 fully saturated rings. The van der Waals surface area contributed by atoms with Gasteiger partial charge in [-0.3, -0.25) is 4.90 Å². The molecule has 17 heavy (non-hydrogen) atoms. The molecule has 0 atom stereocenters. The van der Waals surface area contributed by atoms with Crippen molar-refractivity contribution < 1.29 is 4.52 Å².